The van der Waals surface area contributed by atoms with E-state index in [2.05, 4.69) is 15.4 Å². The summed E-state index contributed by atoms with van der Waals surface area (Å²) in [5.41, 5.74) is 6.33. The molecule has 0 radical (unpaired) electrons. The summed E-state index contributed by atoms with van der Waals surface area (Å²) >= 11 is 5.16. The van der Waals surface area contributed by atoms with E-state index < -0.39 is 59.2 Å². The van der Waals surface area contributed by atoms with Crippen molar-refractivity contribution in [1.82, 2.24) is 9.80 Å². The van der Waals surface area contributed by atoms with Gasteiger partial charge in [0.2, 0.25) is 11.6 Å². The van der Waals surface area contributed by atoms with Crippen LogP contribution in [-0.4, -0.2) is 182 Å². The number of halogens is 1. The van der Waals surface area contributed by atoms with E-state index in [1.807, 2.05) is 97.4 Å². The van der Waals surface area contributed by atoms with E-state index in [4.69, 9.17) is 40.4 Å². The Hall–Kier alpha value is -7.66. The SMILES string of the molecule is COC(=O)COCCc1cc(COC(=O)Cl)ccc1SSC.CSSc1ccc(COC(=O)N(CCO)CCNc2ccc(NCCN(CCO)C(=O)OCC3c4ccccc4-c4ccccc43)c3c2C(=O)c2c(O)ccc(O)c2C3=O)cc1CCOCC(=O)O. The number of carbonyl (C=O) groups excluding carboxylic acids is 6. The van der Waals surface area contributed by atoms with Gasteiger partial charge in [0.05, 0.1) is 55.8 Å². The van der Waals surface area contributed by atoms with E-state index in [0.29, 0.717) is 25.0 Å². The quantitative estimate of drug-likeness (QED) is 0.00515. The van der Waals surface area contributed by atoms with Crippen LogP contribution in [0.2, 0.25) is 0 Å². The molecule has 484 valence electrons. The number of anilines is 2. The minimum absolute atomic E-state index is 0.00897. The van der Waals surface area contributed by atoms with Gasteiger partial charge in [-0.3, -0.25) is 9.59 Å². The number of carbonyl (C=O) groups is 7. The highest BCUT2D eigenvalue weighted by Gasteiger charge is 2.38. The fraction of sp³-hybridized carbons (Fsp3) is 0.328. The summed E-state index contributed by atoms with van der Waals surface area (Å²) < 4.78 is 31.2. The average Bonchev–Trinajstić information content (AvgIpc) is 1.22. The van der Waals surface area contributed by atoms with Gasteiger partial charge in [-0.1, -0.05) is 116 Å². The minimum atomic E-state index is -1.07. The predicted molar refractivity (Wildman–Crippen MR) is 349 cm³/mol. The highest BCUT2D eigenvalue weighted by molar-refractivity contribution is 8.76. The number of aliphatic hydroxyl groups is 2. The lowest BCUT2D eigenvalue weighted by atomic mass is 9.81. The van der Waals surface area contributed by atoms with Crippen LogP contribution in [0.5, 0.6) is 11.5 Å². The predicted octanol–water partition coefficient (Wildman–Crippen LogP) is 10.2. The molecule has 2 aliphatic carbocycles. The number of aromatic hydroxyl groups is 2. The van der Waals surface area contributed by atoms with Crippen molar-refractivity contribution in [2.75, 3.05) is 116 Å². The molecule has 27 heteroatoms. The monoisotopic (exact) mass is 1340 g/mol. The molecule has 0 unspecified atom stereocenters. The lowest BCUT2D eigenvalue weighted by Crippen LogP contribution is -2.38. The second-order valence-electron chi connectivity index (χ2n) is 20.0. The topological polar surface area (TPSA) is 307 Å². The summed E-state index contributed by atoms with van der Waals surface area (Å²) in [5, 5.41) is 56.5. The van der Waals surface area contributed by atoms with Crippen LogP contribution in [0.3, 0.4) is 0 Å². The molecule has 0 bridgehead atoms. The first-order valence-electron chi connectivity index (χ1n) is 28.5. The van der Waals surface area contributed by atoms with Crippen molar-refractivity contribution in [2.45, 2.75) is 41.8 Å². The molecule has 0 saturated carbocycles. The third-order valence-electron chi connectivity index (χ3n) is 14.3. The van der Waals surface area contributed by atoms with Crippen LogP contribution >= 0.6 is 54.8 Å². The van der Waals surface area contributed by atoms with Gasteiger partial charge in [-0.15, -0.1) is 0 Å². The number of nitrogens with zero attached hydrogens (tertiary/aromatic N) is 2. The fourth-order valence-electron chi connectivity index (χ4n) is 10.1. The van der Waals surface area contributed by atoms with E-state index in [1.165, 1.54) is 27.7 Å². The lowest BCUT2D eigenvalue weighted by Gasteiger charge is -2.27. The number of phenols is 2. The smallest absolute Gasteiger partial charge is 0.410 e. The van der Waals surface area contributed by atoms with Crippen molar-refractivity contribution < 1.29 is 87.5 Å². The third kappa shape index (κ3) is 19.4. The Kier molecular flexibility index (Phi) is 27.9. The largest absolute Gasteiger partial charge is 0.507 e. The molecule has 6 aromatic carbocycles. The van der Waals surface area contributed by atoms with Crippen molar-refractivity contribution in [1.29, 1.82) is 0 Å². The molecule has 0 aliphatic heterocycles. The van der Waals surface area contributed by atoms with Gasteiger partial charge in [0.1, 0.15) is 44.5 Å². The van der Waals surface area contributed by atoms with Crippen LogP contribution in [0.25, 0.3) is 11.1 Å². The molecular formula is C64H69ClN4O18S4. The van der Waals surface area contributed by atoms with E-state index in [9.17, 15) is 54.0 Å². The molecule has 0 aromatic heterocycles. The molecule has 7 N–H and O–H groups in total. The number of ketones is 2. The number of amides is 2. The molecule has 0 saturated heterocycles. The zero-order chi connectivity index (χ0) is 65.4. The van der Waals surface area contributed by atoms with Gasteiger partial charge in [0, 0.05) is 78.0 Å². The van der Waals surface area contributed by atoms with Crippen molar-refractivity contribution >= 4 is 107 Å². The number of ether oxygens (including phenoxy) is 6. The van der Waals surface area contributed by atoms with Gasteiger partial charge in [-0.2, -0.15) is 0 Å². The number of benzene rings is 6. The van der Waals surface area contributed by atoms with Crippen molar-refractivity contribution in [2.24, 2.45) is 0 Å². The van der Waals surface area contributed by atoms with E-state index >= 15 is 0 Å². The van der Waals surface area contributed by atoms with Crippen LogP contribution in [0, 0.1) is 0 Å². The Labute approximate surface area is 546 Å². The van der Waals surface area contributed by atoms with Gasteiger partial charge in [-0.05, 0) is 106 Å². The number of rotatable bonds is 32. The van der Waals surface area contributed by atoms with Crippen molar-refractivity contribution in [3.63, 3.8) is 0 Å². The lowest BCUT2D eigenvalue weighted by molar-refractivity contribution is -0.146. The Morgan fingerprint density at radius 2 is 1.04 bits per heavy atom. The molecule has 6 aromatic rings. The maximum absolute atomic E-state index is 14.3. The summed E-state index contributed by atoms with van der Waals surface area (Å²) in [7, 11) is 7.68. The maximum Gasteiger partial charge on any atom is 0.410 e. The molecule has 2 aliphatic rings. The Morgan fingerprint density at radius 1 is 0.582 bits per heavy atom. The highest BCUT2D eigenvalue weighted by atomic mass is 35.5. The molecular weight excluding hydrogens is 1280 g/mol. The highest BCUT2D eigenvalue weighted by Crippen LogP contribution is 2.45. The number of aliphatic hydroxyl groups excluding tert-OH is 2. The van der Waals surface area contributed by atoms with Crippen molar-refractivity contribution in [3.8, 4) is 22.6 Å². The zero-order valence-electron chi connectivity index (χ0n) is 49.9. The fourth-order valence-corrected chi connectivity index (χ4v) is 13.4. The number of fused-ring (bicyclic) bond motifs is 5. The average molecular weight is 1350 g/mol. The summed E-state index contributed by atoms with van der Waals surface area (Å²) in [6.07, 6.45) is 3.62. The third-order valence-corrected chi connectivity index (χ3v) is 18.0. The number of esters is 1. The maximum atomic E-state index is 14.3. The normalized spacial score (nSPS) is 11.9. The number of hydrogen-bond acceptors (Lipinski definition) is 23. The first-order valence-corrected chi connectivity index (χ1v) is 33.9. The number of hydrogen-bond donors (Lipinski definition) is 7. The van der Waals surface area contributed by atoms with Gasteiger partial charge < -0.3 is 74.4 Å². The molecule has 8 rings (SSSR count). The molecule has 2 amide bonds. The second-order valence-corrected chi connectivity index (χ2v) is 25.2. The summed E-state index contributed by atoms with van der Waals surface area (Å²) in [6.45, 7) is -0.569. The number of aliphatic carboxylic acids is 1. The molecule has 0 heterocycles. The first kappa shape index (κ1) is 70.8. The Bertz CT molecular complexity index is 3520. The minimum Gasteiger partial charge on any atom is -0.507 e. The van der Waals surface area contributed by atoms with E-state index in [-0.39, 0.29) is 125 Å². The van der Waals surface area contributed by atoms with Gasteiger partial charge in [0.25, 0.3) is 0 Å². The van der Waals surface area contributed by atoms with Crippen LogP contribution in [-0.2, 0) is 64.1 Å². The first-order chi connectivity index (χ1) is 44.0. The number of methoxy groups -OCH3 is 1. The van der Waals surface area contributed by atoms with E-state index in [0.717, 1.165) is 60.9 Å². The van der Waals surface area contributed by atoms with Crippen LogP contribution in [0.1, 0.15) is 71.1 Å². The number of phenolic OH excluding ortho intramolecular Hbond substituents is 2. The van der Waals surface area contributed by atoms with Gasteiger partial charge >= 0.3 is 29.6 Å². The second kappa shape index (κ2) is 35.8. The number of carboxylic acids is 1. The van der Waals surface area contributed by atoms with Crippen molar-refractivity contribution in [3.05, 3.63) is 165 Å². The summed E-state index contributed by atoms with van der Waals surface area (Å²) in [5.74, 6) is -4.15. The summed E-state index contributed by atoms with van der Waals surface area (Å²) in [4.78, 5) is 92.6. The number of carboxylic acid groups (broad SMARTS) is 1. The van der Waals surface area contributed by atoms with Crippen LogP contribution in [0.15, 0.2) is 119 Å². The standard InChI is InChI=1S/C50H52N4O13S2.C14H17ClO5S2/c1-68-69-41-15-10-30(26-31(41)16-25-65-29-42(59)60)27-66-49(63)53(21-23-55)19-17-51-37-11-12-38(44-43(37)47(61)45-39(57)13-14-40(58)46(45)48(44)62)52-18-20-54(22-24-56)50(64)67-28-36-34-8-4-2-6-32(34)33-7-3-5-9-35(33)36;1-18-13(16)9-19-6-5-11-7-10(8-20-14(15)17)3-4-12(11)22-21-2/h2-15,26,36,51-52,55-58H,16-25,27-29H2,1H3,(H,59,60);3-4,7H,5-6,8-9H2,1-2H3. The van der Waals surface area contributed by atoms with Crippen LogP contribution < -0.4 is 10.6 Å². The Morgan fingerprint density at radius 3 is 1.49 bits per heavy atom. The van der Waals surface area contributed by atoms with E-state index in [1.54, 1.807) is 44.5 Å². The number of nitrogens with one attached hydrogen (secondary N) is 2. The van der Waals surface area contributed by atoms with Gasteiger partial charge in [-0.25, -0.2) is 24.0 Å². The molecule has 0 spiro atoms. The van der Waals surface area contributed by atoms with Crippen LogP contribution in [0.4, 0.5) is 25.8 Å². The Balaban J connectivity index is 0.000000452. The molecule has 91 heavy (non-hydrogen) atoms. The molecule has 0 atom stereocenters. The molecule has 0 fully saturated rings. The zero-order valence-corrected chi connectivity index (χ0v) is 54.0. The molecule has 22 nitrogen and oxygen atoms in total. The summed E-state index contributed by atoms with van der Waals surface area (Å²) in [6, 6.07) is 32.6. The van der Waals surface area contributed by atoms with Gasteiger partial charge in [0.15, 0.2) is 0 Å².